The van der Waals surface area contributed by atoms with E-state index in [4.69, 9.17) is 9.52 Å². The highest BCUT2D eigenvalue weighted by Crippen LogP contribution is 2.22. The largest absolute Gasteiger partial charge is 0.479 e. The Hall–Kier alpha value is -2.08. The van der Waals surface area contributed by atoms with Crippen LogP contribution >= 0.6 is 0 Å². The van der Waals surface area contributed by atoms with Gasteiger partial charge < -0.3 is 19.9 Å². The van der Waals surface area contributed by atoms with Gasteiger partial charge in [0.15, 0.2) is 5.60 Å². The molecule has 0 aliphatic heterocycles. The van der Waals surface area contributed by atoms with E-state index in [-0.39, 0.29) is 6.54 Å². The van der Waals surface area contributed by atoms with Crippen molar-refractivity contribution >= 4 is 22.8 Å². The second-order valence-corrected chi connectivity index (χ2v) is 3.92. The van der Waals surface area contributed by atoms with E-state index in [1.54, 1.807) is 18.3 Å². The highest BCUT2D eigenvalue weighted by atomic mass is 16.4. The van der Waals surface area contributed by atoms with Gasteiger partial charge in [0.25, 0.3) is 0 Å². The normalized spacial score (nSPS) is 14.5. The summed E-state index contributed by atoms with van der Waals surface area (Å²) in [7, 11) is 0. The monoisotopic (exact) mass is 236 g/mol. The lowest BCUT2D eigenvalue weighted by Gasteiger charge is -2.18. The summed E-state index contributed by atoms with van der Waals surface area (Å²) in [5, 5.41) is 21.9. The van der Waals surface area contributed by atoms with E-state index >= 15 is 0 Å². The van der Waals surface area contributed by atoms with Gasteiger partial charge in [0.2, 0.25) is 0 Å². The lowest BCUT2D eigenvalue weighted by Crippen LogP contribution is -2.41. The molecule has 2 aromatic rings. The van der Waals surface area contributed by atoms with Crippen molar-refractivity contribution in [3.8, 4) is 0 Å². The van der Waals surface area contributed by atoms with Gasteiger partial charge in [0.05, 0.1) is 18.2 Å². The molecule has 0 fully saturated rings. The predicted molar refractivity (Wildman–Crippen MR) is 60.8 cm³/mol. The van der Waals surface area contributed by atoms with Crippen LogP contribution in [0.3, 0.4) is 0 Å². The highest BCUT2D eigenvalue weighted by Gasteiger charge is 2.29. The molecule has 6 heteroatoms. The van der Waals surface area contributed by atoms with Crippen LogP contribution in [0.4, 0.5) is 5.82 Å². The third kappa shape index (κ3) is 2.21. The number of aliphatic carboxylic acids is 1. The molecule has 0 aliphatic carbocycles. The molecule has 2 aromatic heterocycles. The second-order valence-electron chi connectivity index (χ2n) is 3.92. The van der Waals surface area contributed by atoms with E-state index in [9.17, 15) is 9.90 Å². The first kappa shape index (κ1) is 11.4. The Morgan fingerprint density at radius 2 is 2.35 bits per heavy atom. The molecule has 3 N–H and O–H groups in total. The fraction of sp³-hybridized carbons (Fsp3) is 0.273. The number of carbonyl (C=O) groups is 1. The summed E-state index contributed by atoms with van der Waals surface area (Å²) in [6.45, 7) is 1.08. The lowest BCUT2D eigenvalue weighted by molar-refractivity contribution is -0.155. The van der Waals surface area contributed by atoms with Crippen LogP contribution in [-0.4, -0.2) is 33.3 Å². The number of pyridine rings is 1. The number of aliphatic hydroxyl groups is 1. The summed E-state index contributed by atoms with van der Waals surface area (Å²) in [4.78, 5) is 14.8. The summed E-state index contributed by atoms with van der Waals surface area (Å²) in [6, 6.07) is 3.43. The number of fused-ring (bicyclic) bond motifs is 1. The molecule has 6 nitrogen and oxygen atoms in total. The minimum absolute atomic E-state index is 0.139. The van der Waals surface area contributed by atoms with E-state index in [1.165, 1.54) is 13.2 Å². The number of aromatic nitrogens is 1. The molecule has 90 valence electrons. The van der Waals surface area contributed by atoms with Crippen LogP contribution in [0.2, 0.25) is 0 Å². The van der Waals surface area contributed by atoms with Gasteiger partial charge in [0.1, 0.15) is 11.4 Å². The first-order valence-electron chi connectivity index (χ1n) is 5.02. The molecule has 17 heavy (non-hydrogen) atoms. The van der Waals surface area contributed by atoms with Crippen molar-refractivity contribution in [3.05, 3.63) is 24.6 Å². The van der Waals surface area contributed by atoms with E-state index < -0.39 is 11.6 Å². The number of anilines is 1. The molecular formula is C11H12N2O4. The van der Waals surface area contributed by atoms with Crippen molar-refractivity contribution in [1.82, 2.24) is 4.98 Å². The summed E-state index contributed by atoms with van der Waals surface area (Å²) in [5.41, 5.74) is -1.19. The van der Waals surface area contributed by atoms with Crippen LogP contribution in [-0.2, 0) is 4.79 Å². The molecular weight excluding hydrogens is 224 g/mol. The zero-order chi connectivity index (χ0) is 12.5. The highest BCUT2D eigenvalue weighted by molar-refractivity contribution is 5.88. The molecule has 0 saturated carbocycles. The number of carboxylic acid groups (broad SMARTS) is 1. The number of furan rings is 1. The topological polar surface area (TPSA) is 95.6 Å². The van der Waals surface area contributed by atoms with Gasteiger partial charge in [-0.05, 0) is 19.1 Å². The number of hydrogen-bond donors (Lipinski definition) is 3. The predicted octanol–water partition coefficient (Wildman–Crippen LogP) is 1.08. The van der Waals surface area contributed by atoms with Gasteiger partial charge in [0, 0.05) is 6.20 Å². The summed E-state index contributed by atoms with van der Waals surface area (Å²) in [6.07, 6.45) is 3.07. The van der Waals surface area contributed by atoms with Crippen molar-refractivity contribution in [3.63, 3.8) is 0 Å². The Bertz CT molecular complexity index is 547. The first-order valence-corrected chi connectivity index (χ1v) is 5.02. The minimum Gasteiger partial charge on any atom is -0.479 e. The maximum atomic E-state index is 10.7. The van der Waals surface area contributed by atoms with Crippen LogP contribution in [0.25, 0.3) is 11.0 Å². The number of nitrogens with zero attached hydrogens (tertiary/aromatic N) is 1. The van der Waals surface area contributed by atoms with Crippen LogP contribution in [0.15, 0.2) is 29.0 Å². The van der Waals surface area contributed by atoms with Crippen LogP contribution < -0.4 is 5.32 Å². The van der Waals surface area contributed by atoms with Gasteiger partial charge in [-0.3, -0.25) is 0 Å². The van der Waals surface area contributed by atoms with E-state index in [0.717, 1.165) is 5.39 Å². The van der Waals surface area contributed by atoms with Gasteiger partial charge in [-0.1, -0.05) is 0 Å². The Balaban J connectivity index is 2.19. The van der Waals surface area contributed by atoms with Crippen LogP contribution in [0.1, 0.15) is 6.92 Å². The standard InChI is InChI=1S/C11H12N2O4/c1-11(16,10(14)15)6-13-9-7-3-5-17-8(7)2-4-12-9/h2-5,16H,6H2,1H3,(H,12,13)(H,14,15). The number of rotatable bonds is 4. The maximum Gasteiger partial charge on any atom is 0.337 e. The maximum absolute atomic E-state index is 10.7. The molecule has 2 heterocycles. The quantitative estimate of drug-likeness (QED) is 0.735. The van der Waals surface area contributed by atoms with Gasteiger partial charge in [-0.2, -0.15) is 0 Å². The Labute approximate surface area is 96.9 Å². The van der Waals surface area contributed by atoms with Crippen molar-refractivity contribution < 1.29 is 19.4 Å². The Morgan fingerprint density at radius 1 is 1.59 bits per heavy atom. The lowest BCUT2D eigenvalue weighted by atomic mass is 10.1. The average molecular weight is 236 g/mol. The Morgan fingerprint density at radius 3 is 3.06 bits per heavy atom. The van der Waals surface area contributed by atoms with Crippen molar-refractivity contribution in [2.24, 2.45) is 0 Å². The summed E-state index contributed by atoms with van der Waals surface area (Å²) in [5.74, 6) is -0.804. The average Bonchev–Trinajstić information content (AvgIpc) is 2.74. The zero-order valence-corrected chi connectivity index (χ0v) is 9.17. The SMILES string of the molecule is CC(O)(CNc1nccc2occc12)C(=O)O. The molecule has 1 atom stereocenters. The van der Waals surface area contributed by atoms with E-state index in [2.05, 4.69) is 10.3 Å². The molecule has 0 aliphatic rings. The molecule has 1 unspecified atom stereocenters. The molecule has 0 amide bonds. The number of carboxylic acids is 1. The molecule has 0 saturated heterocycles. The van der Waals surface area contributed by atoms with Gasteiger partial charge >= 0.3 is 5.97 Å². The minimum atomic E-state index is -1.84. The summed E-state index contributed by atoms with van der Waals surface area (Å²) >= 11 is 0. The molecule has 0 bridgehead atoms. The van der Waals surface area contributed by atoms with E-state index in [1.807, 2.05) is 0 Å². The first-order chi connectivity index (χ1) is 8.00. The van der Waals surface area contributed by atoms with Crippen molar-refractivity contribution in [2.75, 3.05) is 11.9 Å². The molecule has 0 aromatic carbocycles. The Kier molecular flexibility index (Phi) is 2.72. The van der Waals surface area contributed by atoms with Crippen molar-refractivity contribution in [2.45, 2.75) is 12.5 Å². The molecule has 0 radical (unpaired) electrons. The van der Waals surface area contributed by atoms with Crippen LogP contribution in [0.5, 0.6) is 0 Å². The smallest absolute Gasteiger partial charge is 0.337 e. The summed E-state index contributed by atoms with van der Waals surface area (Å²) < 4.78 is 5.18. The number of hydrogen-bond acceptors (Lipinski definition) is 5. The fourth-order valence-corrected chi connectivity index (χ4v) is 1.37. The van der Waals surface area contributed by atoms with Crippen LogP contribution in [0, 0.1) is 0 Å². The van der Waals surface area contributed by atoms with E-state index in [0.29, 0.717) is 11.4 Å². The third-order valence-electron chi connectivity index (χ3n) is 2.44. The van der Waals surface area contributed by atoms with Crippen molar-refractivity contribution in [1.29, 1.82) is 0 Å². The van der Waals surface area contributed by atoms with Gasteiger partial charge in [-0.25, -0.2) is 9.78 Å². The molecule has 0 spiro atoms. The van der Waals surface area contributed by atoms with Gasteiger partial charge in [-0.15, -0.1) is 0 Å². The third-order valence-corrected chi connectivity index (χ3v) is 2.44. The number of nitrogens with one attached hydrogen (secondary N) is 1. The fourth-order valence-electron chi connectivity index (χ4n) is 1.37. The molecule has 2 rings (SSSR count). The second kappa shape index (κ2) is 4.06. The zero-order valence-electron chi connectivity index (χ0n) is 9.17.